The van der Waals surface area contributed by atoms with Crippen molar-refractivity contribution in [2.24, 2.45) is 4.99 Å². The van der Waals surface area contributed by atoms with Gasteiger partial charge in [-0.05, 0) is 76.4 Å². The molecule has 1 aliphatic heterocycles. The minimum Gasteiger partial charge on any atom is -0.497 e. The molecule has 1 aliphatic rings. The van der Waals surface area contributed by atoms with Gasteiger partial charge >= 0.3 is 5.97 Å². The molecule has 0 amide bonds. The van der Waals surface area contributed by atoms with Crippen LogP contribution < -0.4 is 19.6 Å². The first kappa shape index (κ1) is 23.7. The molecule has 33 heavy (non-hydrogen) atoms. The fourth-order valence-electron chi connectivity index (χ4n) is 3.53. The quantitative estimate of drug-likeness (QED) is 0.411. The van der Waals surface area contributed by atoms with Crippen molar-refractivity contribution in [3.8, 4) is 5.75 Å². The van der Waals surface area contributed by atoms with Gasteiger partial charge in [-0.1, -0.05) is 23.5 Å². The number of nitrogens with zero attached hydrogens (tertiary/aromatic N) is 2. The Morgan fingerprint density at radius 3 is 2.55 bits per heavy atom. The maximum atomic E-state index is 13.5. The van der Waals surface area contributed by atoms with Gasteiger partial charge in [0, 0.05) is 6.08 Å². The number of aromatic nitrogens is 1. The van der Waals surface area contributed by atoms with Crippen LogP contribution in [0.25, 0.3) is 6.08 Å². The molecular weight excluding hydrogens is 576 g/mol. The number of furan rings is 1. The van der Waals surface area contributed by atoms with Crippen LogP contribution in [-0.4, -0.2) is 23.8 Å². The number of hydrogen-bond donors (Lipinski definition) is 0. The summed E-state index contributed by atoms with van der Waals surface area (Å²) in [5, 5.41) is 0. The van der Waals surface area contributed by atoms with Crippen LogP contribution in [0.15, 0.2) is 64.9 Å². The number of methoxy groups -OCH3 is 1. The highest BCUT2D eigenvalue weighted by Gasteiger charge is 2.33. The van der Waals surface area contributed by atoms with Crippen molar-refractivity contribution >= 4 is 55.2 Å². The minimum absolute atomic E-state index is 0.273. The first-order valence-electron chi connectivity index (χ1n) is 10.0. The van der Waals surface area contributed by atoms with Gasteiger partial charge in [0.15, 0.2) is 9.47 Å². The third-order valence-electron chi connectivity index (χ3n) is 4.95. The van der Waals surface area contributed by atoms with Crippen LogP contribution in [0.1, 0.15) is 38.1 Å². The van der Waals surface area contributed by atoms with Crippen LogP contribution in [-0.2, 0) is 9.53 Å². The Labute approximate surface area is 210 Å². The number of esters is 1. The van der Waals surface area contributed by atoms with E-state index >= 15 is 0 Å². The molecule has 0 saturated heterocycles. The van der Waals surface area contributed by atoms with Crippen molar-refractivity contribution < 1.29 is 18.7 Å². The second-order valence-corrected chi connectivity index (χ2v) is 10.2. The summed E-state index contributed by atoms with van der Waals surface area (Å²) in [6, 6.07) is 8.34. The van der Waals surface area contributed by atoms with Gasteiger partial charge in [-0.15, -0.1) is 0 Å². The highest BCUT2D eigenvalue weighted by atomic mass is 79.9. The summed E-state index contributed by atoms with van der Waals surface area (Å²) >= 11 is 7.92. The predicted molar refractivity (Wildman–Crippen MR) is 132 cm³/mol. The van der Waals surface area contributed by atoms with Gasteiger partial charge in [-0.3, -0.25) is 9.36 Å². The summed E-state index contributed by atoms with van der Waals surface area (Å²) in [5.74, 6) is 0.683. The third kappa shape index (κ3) is 4.64. The molecule has 0 unspecified atom stereocenters. The molecule has 3 heterocycles. The number of fused-ring (bicyclic) bond motifs is 1. The number of rotatable bonds is 5. The van der Waals surface area contributed by atoms with Crippen LogP contribution in [0.5, 0.6) is 5.75 Å². The Morgan fingerprint density at radius 2 is 1.97 bits per heavy atom. The lowest BCUT2D eigenvalue weighted by atomic mass is 9.96. The maximum absolute atomic E-state index is 13.5. The number of carbonyl (C=O) groups excluding carboxylic acids is 1. The summed E-state index contributed by atoms with van der Waals surface area (Å²) in [7, 11) is 1.58. The van der Waals surface area contributed by atoms with E-state index in [9.17, 15) is 9.59 Å². The fraction of sp³-hybridized carbons (Fsp3) is 0.261. The van der Waals surface area contributed by atoms with E-state index in [1.807, 2.05) is 12.1 Å². The van der Waals surface area contributed by atoms with Crippen LogP contribution in [0.3, 0.4) is 0 Å². The second-order valence-electron chi connectivity index (χ2n) is 7.58. The number of ether oxygens (including phenoxy) is 2. The van der Waals surface area contributed by atoms with Gasteiger partial charge in [-0.25, -0.2) is 9.79 Å². The lowest BCUT2D eigenvalue weighted by Gasteiger charge is -2.25. The van der Waals surface area contributed by atoms with Crippen LogP contribution in [0, 0.1) is 0 Å². The molecule has 2 aromatic heterocycles. The standard InChI is InChI=1S/C23H20Br2N2O5S/c1-11(2)31-22(29)18-12(3)26-23-27(19(18)13-5-7-14(30-4)8-6-13)21(28)17(33-23)10-15-9-16(24)20(25)32-15/h5-11,19H,1-4H3/b17-10+/t19-/m1/s1. The minimum atomic E-state index is -0.685. The molecule has 10 heteroatoms. The number of allylic oxidation sites excluding steroid dienone is 1. The largest absolute Gasteiger partial charge is 0.497 e. The zero-order valence-corrected chi connectivity index (χ0v) is 22.2. The van der Waals surface area contributed by atoms with Gasteiger partial charge in [0.05, 0.1) is 39.5 Å². The highest BCUT2D eigenvalue weighted by molar-refractivity contribution is 9.13. The molecule has 7 nitrogen and oxygen atoms in total. The Bertz CT molecular complexity index is 1410. The predicted octanol–water partition coefficient (Wildman–Crippen LogP) is 4.31. The van der Waals surface area contributed by atoms with E-state index in [2.05, 4.69) is 36.9 Å². The molecule has 172 valence electrons. The van der Waals surface area contributed by atoms with Gasteiger partial charge in [0.2, 0.25) is 0 Å². The molecule has 4 rings (SSSR count). The third-order valence-corrected chi connectivity index (χ3v) is 7.65. The van der Waals surface area contributed by atoms with Crippen molar-refractivity contribution in [2.45, 2.75) is 32.9 Å². The van der Waals surface area contributed by atoms with Crippen LogP contribution >= 0.6 is 43.2 Å². The van der Waals surface area contributed by atoms with E-state index in [0.717, 1.165) is 10.0 Å². The van der Waals surface area contributed by atoms with E-state index in [4.69, 9.17) is 13.9 Å². The van der Waals surface area contributed by atoms with Gasteiger partial charge in [0.1, 0.15) is 11.5 Å². The molecule has 0 fully saturated rings. The monoisotopic (exact) mass is 594 g/mol. The summed E-state index contributed by atoms with van der Waals surface area (Å²) in [6.45, 7) is 5.32. The van der Waals surface area contributed by atoms with Gasteiger partial charge < -0.3 is 13.9 Å². The number of halogens is 2. The SMILES string of the molecule is COc1ccc([C@@H]2C(C(=O)OC(C)C)=C(C)N=c3s/c(=C/c4cc(Br)c(Br)o4)c(=O)n32)cc1. The van der Waals surface area contributed by atoms with E-state index in [1.54, 1.807) is 52.2 Å². The first-order chi connectivity index (χ1) is 15.7. The lowest BCUT2D eigenvalue weighted by Crippen LogP contribution is -2.40. The van der Waals surface area contributed by atoms with Crippen molar-refractivity contribution in [2.75, 3.05) is 7.11 Å². The van der Waals surface area contributed by atoms with E-state index in [1.165, 1.54) is 15.9 Å². The Kier molecular flexibility index (Phi) is 6.78. The second kappa shape index (κ2) is 9.44. The zero-order chi connectivity index (χ0) is 23.9. The van der Waals surface area contributed by atoms with E-state index in [0.29, 0.717) is 36.8 Å². The molecular formula is C23H20Br2N2O5S. The van der Waals surface area contributed by atoms with Gasteiger partial charge in [0.25, 0.3) is 5.56 Å². The number of carbonyl (C=O) groups is 1. The van der Waals surface area contributed by atoms with Gasteiger partial charge in [-0.2, -0.15) is 0 Å². The molecule has 0 N–H and O–H groups in total. The normalized spacial score (nSPS) is 16.1. The van der Waals surface area contributed by atoms with Crippen molar-refractivity contribution in [1.82, 2.24) is 4.57 Å². The summed E-state index contributed by atoms with van der Waals surface area (Å²) < 4.78 is 19.6. The zero-order valence-electron chi connectivity index (χ0n) is 18.2. The van der Waals surface area contributed by atoms with Crippen molar-refractivity contribution in [3.63, 3.8) is 0 Å². The summed E-state index contributed by atoms with van der Waals surface area (Å²) in [6.07, 6.45) is 1.35. The molecule has 0 aliphatic carbocycles. The Hall–Kier alpha value is -2.43. The average Bonchev–Trinajstić information content (AvgIpc) is 3.24. The van der Waals surface area contributed by atoms with Crippen molar-refractivity contribution in [3.05, 3.63) is 81.8 Å². The maximum Gasteiger partial charge on any atom is 0.338 e. The number of benzene rings is 1. The summed E-state index contributed by atoms with van der Waals surface area (Å²) in [5.41, 5.74) is 1.32. The Balaban J connectivity index is 1.93. The number of hydrogen-bond acceptors (Lipinski definition) is 7. The van der Waals surface area contributed by atoms with Crippen molar-refractivity contribution in [1.29, 1.82) is 0 Å². The Morgan fingerprint density at radius 1 is 1.27 bits per heavy atom. The number of thiazole rings is 1. The van der Waals surface area contributed by atoms with Crippen LogP contribution in [0.2, 0.25) is 0 Å². The average molecular weight is 596 g/mol. The first-order valence-corrected chi connectivity index (χ1v) is 12.4. The lowest BCUT2D eigenvalue weighted by molar-refractivity contribution is -0.143. The molecule has 0 saturated carbocycles. The summed E-state index contributed by atoms with van der Waals surface area (Å²) in [4.78, 5) is 31.7. The van der Waals surface area contributed by atoms with E-state index < -0.39 is 12.0 Å². The molecule has 0 spiro atoms. The molecule has 1 atom stereocenters. The molecule has 0 radical (unpaired) electrons. The van der Waals surface area contributed by atoms with Crippen LogP contribution in [0.4, 0.5) is 0 Å². The molecule has 1 aromatic carbocycles. The highest BCUT2D eigenvalue weighted by Crippen LogP contribution is 2.32. The van der Waals surface area contributed by atoms with E-state index in [-0.39, 0.29) is 11.7 Å². The fourth-order valence-corrected chi connectivity index (χ4v) is 5.16. The topological polar surface area (TPSA) is 83.0 Å². The molecule has 0 bridgehead atoms. The molecule has 3 aromatic rings. The smallest absolute Gasteiger partial charge is 0.338 e.